The van der Waals surface area contributed by atoms with Gasteiger partial charge in [-0.3, -0.25) is 9.67 Å². The molecule has 1 saturated heterocycles. The Morgan fingerprint density at radius 1 is 1.35 bits per heavy atom. The molecule has 26 heavy (non-hydrogen) atoms. The first-order valence-corrected chi connectivity index (χ1v) is 8.53. The van der Waals surface area contributed by atoms with Crippen molar-refractivity contribution in [3.63, 3.8) is 0 Å². The van der Waals surface area contributed by atoms with Crippen LogP contribution in [0.4, 0.5) is 4.79 Å². The highest BCUT2D eigenvalue weighted by atomic mass is 16.5. The summed E-state index contributed by atoms with van der Waals surface area (Å²) < 4.78 is 12.0. The van der Waals surface area contributed by atoms with Crippen molar-refractivity contribution >= 4 is 17.1 Å². The predicted molar refractivity (Wildman–Crippen MR) is 92.5 cm³/mol. The number of likely N-dealkylation sites (tertiary alicyclic amines) is 1. The molecule has 0 spiro atoms. The molecule has 0 bridgehead atoms. The number of amides is 1. The van der Waals surface area contributed by atoms with E-state index in [0.717, 1.165) is 35.1 Å². The molecule has 0 aromatic carbocycles. The lowest BCUT2D eigenvalue weighted by Gasteiger charge is -2.29. The zero-order valence-corrected chi connectivity index (χ0v) is 15.0. The van der Waals surface area contributed by atoms with Crippen LogP contribution >= 0.6 is 0 Å². The molecule has 0 unspecified atom stereocenters. The Hall–Kier alpha value is -2.97. The van der Waals surface area contributed by atoms with Gasteiger partial charge in [0.05, 0.1) is 23.9 Å². The monoisotopic (exact) mass is 356 g/mol. The van der Waals surface area contributed by atoms with E-state index in [1.807, 2.05) is 20.0 Å². The summed E-state index contributed by atoms with van der Waals surface area (Å²) in [7, 11) is 3.28. The number of nitrogens with zero attached hydrogens (tertiary/aromatic N) is 6. The van der Waals surface area contributed by atoms with E-state index in [1.165, 1.54) is 7.11 Å². The van der Waals surface area contributed by atoms with Crippen LogP contribution in [0.2, 0.25) is 0 Å². The zero-order chi connectivity index (χ0) is 18.3. The number of hydrogen-bond donors (Lipinski definition) is 0. The summed E-state index contributed by atoms with van der Waals surface area (Å²) in [6.07, 6.45) is 3.01. The minimum absolute atomic E-state index is 0.170. The molecule has 1 aliphatic heterocycles. The van der Waals surface area contributed by atoms with Crippen molar-refractivity contribution in [2.24, 2.45) is 7.05 Å². The van der Waals surface area contributed by atoms with Crippen LogP contribution in [0.5, 0.6) is 0 Å². The fourth-order valence-corrected chi connectivity index (χ4v) is 3.39. The average Bonchev–Trinajstić information content (AvgIpc) is 3.26. The molecule has 4 heterocycles. The summed E-state index contributed by atoms with van der Waals surface area (Å²) in [5, 5.41) is 8.52. The van der Waals surface area contributed by atoms with Crippen LogP contribution in [0.3, 0.4) is 0 Å². The van der Waals surface area contributed by atoms with Crippen LogP contribution in [0.15, 0.2) is 16.8 Å². The molecule has 136 valence electrons. The molecule has 9 heteroatoms. The van der Waals surface area contributed by atoms with Gasteiger partial charge in [-0.1, -0.05) is 5.16 Å². The SMILES string of the molecule is COC(=O)N1CCC(c2noc(-c3cnc4c(C)nn(C)c4c3)n2)CC1. The van der Waals surface area contributed by atoms with Crippen LogP contribution in [-0.4, -0.2) is 56.1 Å². The number of aryl methyl sites for hydroxylation is 2. The molecule has 0 atom stereocenters. The number of fused-ring (bicyclic) bond motifs is 1. The Bertz CT molecular complexity index is 955. The molecular weight excluding hydrogens is 336 g/mol. The topological polar surface area (TPSA) is 99.2 Å². The lowest BCUT2D eigenvalue weighted by Crippen LogP contribution is -2.37. The Kier molecular flexibility index (Phi) is 4.06. The van der Waals surface area contributed by atoms with E-state index in [4.69, 9.17) is 9.26 Å². The van der Waals surface area contributed by atoms with Gasteiger partial charge in [0.15, 0.2) is 5.82 Å². The van der Waals surface area contributed by atoms with Gasteiger partial charge < -0.3 is 14.2 Å². The maximum Gasteiger partial charge on any atom is 0.409 e. The number of pyridine rings is 1. The summed E-state index contributed by atoms with van der Waals surface area (Å²) in [4.78, 5) is 22.3. The molecule has 1 fully saturated rings. The molecular formula is C17H20N6O3. The largest absolute Gasteiger partial charge is 0.453 e. The van der Waals surface area contributed by atoms with Gasteiger partial charge in [0, 0.05) is 32.3 Å². The zero-order valence-electron chi connectivity index (χ0n) is 15.0. The number of hydrogen-bond acceptors (Lipinski definition) is 7. The first-order valence-electron chi connectivity index (χ1n) is 8.53. The van der Waals surface area contributed by atoms with Gasteiger partial charge in [0.2, 0.25) is 0 Å². The van der Waals surface area contributed by atoms with E-state index in [9.17, 15) is 4.79 Å². The second-order valence-corrected chi connectivity index (χ2v) is 6.49. The van der Waals surface area contributed by atoms with Gasteiger partial charge in [-0.05, 0) is 25.8 Å². The lowest BCUT2D eigenvalue weighted by molar-refractivity contribution is 0.111. The maximum absolute atomic E-state index is 11.6. The normalized spacial score (nSPS) is 15.6. The van der Waals surface area contributed by atoms with Gasteiger partial charge in [-0.25, -0.2) is 4.79 Å². The number of carbonyl (C=O) groups excluding carboxylic acids is 1. The lowest BCUT2D eigenvalue weighted by atomic mass is 9.96. The van der Waals surface area contributed by atoms with Crippen LogP contribution in [0, 0.1) is 6.92 Å². The van der Waals surface area contributed by atoms with Crippen molar-refractivity contribution in [3.8, 4) is 11.5 Å². The fourth-order valence-electron chi connectivity index (χ4n) is 3.39. The van der Waals surface area contributed by atoms with Gasteiger partial charge in [0.1, 0.15) is 5.52 Å². The summed E-state index contributed by atoms with van der Waals surface area (Å²) in [5.74, 6) is 1.29. The van der Waals surface area contributed by atoms with E-state index in [0.29, 0.717) is 24.8 Å². The number of rotatable bonds is 2. The van der Waals surface area contributed by atoms with E-state index in [1.54, 1.807) is 15.8 Å². The van der Waals surface area contributed by atoms with E-state index in [2.05, 4.69) is 20.2 Å². The Morgan fingerprint density at radius 3 is 2.85 bits per heavy atom. The molecule has 1 aliphatic rings. The van der Waals surface area contributed by atoms with Crippen molar-refractivity contribution in [3.05, 3.63) is 23.8 Å². The Labute approximate surface area is 149 Å². The molecule has 3 aromatic rings. The molecule has 0 aliphatic carbocycles. The maximum atomic E-state index is 11.6. The number of aromatic nitrogens is 5. The first kappa shape index (κ1) is 16.5. The second kappa shape index (κ2) is 6.40. The summed E-state index contributed by atoms with van der Waals surface area (Å²) >= 11 is 0. The smallest absolute Gasteiger partial charge is 0.409 e. The van der Waals surface area contributed by atoms with Gasteiger partial charge >= 0.3 is 6.09 Å². The quantitative estimate of drug-likeness (QED) is 0.694. The average molecular weight is 356 g/mol. The third kappa shape index (κ3) is 2.79. The van der Waals surface area contributed by atoms with Crippen molar-refractivity contribution in [1.82, 2.24) is 29.8 Å². The number of carbonyl (C=O) groups is 1. The van der Waals surface area contributed by atoms with Crippen LogP contribution in [0.1, 0.15) is 30.3 Å². The predicted octanol–water partition coefficient (Wildman–Crippen LogP) is 2.27. The second-order valence-electron chi connectivity index (χ2n) is 6.49. The van der Waals surface area contributed by atoms with E-state index >= 15 is 0 Å². The van der Waals surface area contributed by atoms with E-state index in [-0.39, 0.29) is 12.0 Å². The minimum atomic E-state index is -0.289. The molecule has 4 rings (SSSR count). The van der Waals surface area contributed by atoms with Crippen molar-refractivity contribution in [2.45, 2.75) is 25.7 Å². The summed E-state index contributed by atoms with van der Waals surface area (Å²) in [6.45, 7) is 3.19. The fraction of sp³-hybridized carbons (Fsp3) is 0.471. The molecule has 3 aromatic heterocycles. The molecule has 9 nitrogen and oxygen atoms in total. The van der Waals surface area contributed by atoms with Gasteiger partial charge in [-0.15, -0.1) is 0 Å². The van der Waals surface area contributed by atoms with Gasteiger partial charge in [0.25, 0.3) is 5.89 Å². The first-order chi connectivity index (χ1) is 12.6. The number of piperidine rings is 1. The van der Waals surface area contributed by atoms with E-state index < -0.39 is 0 Å². The molecule has 0 saturated carbocycles. The summed E-state index contributed by atoms with van der Waals surface area (Å²) in [5.41, 5.74) is 3.45. The van der Waals surface area contributed by atoms with Crippen LogP contribution < -0.4 is 0 Å². The molecule has 1 amide bonds. The summed E-state index contributed by atoms with van der Waals surface area (Å²) in [6, 6.07) is 1.96. The Balaban J connectivity index is 1.53. The standard InChI is InChI=1S/C17H20N6O3/c1-10-14-13(22(2)20-10)8-12(9-18-14)16-19-15(21-26-16)11-4-6-23(7-5-11)17(24)25-3/h8-9,11H,4-7H2,1-3H3. The number of ether oxygens (including phenoxy) is 1. The highest BCUT2D eigenvalue weighted by Crippen LogP contribution is 2.29. The third-order valence-electron chi connectivity index (χ3n) is 4.84. The van der Waals surface area contributed by atoms with Crippen LogP contribution in [-0.2, 0) is 11.8 Å². The third-order valence-corrected chi connectivity index (χ3v) is 4.84. The van der Waals surface area contributed by atoms with Crippen LogP contribution in [0.25, 0.3) is 22.5 Å². The molecule has 0 radical (unpaired) electrons. The van der Waals surface area contributed by atoms with Crippen molar-refractivity contribution in [2.75, 3.05) is 20.2 Å². The highest BCUT2D eigenvalue weighted by molar-refractivity contribution is 5.81. The Morgan fingerprint density at radius 2 is 2.12 bits per heavy atom. The minimum Gasteiger partial charge on any atom is -0.453 e. The highest BCUT2D eigenvalue weighted by Gasteiger charge is 2.27. The van der Waals surface area contributed by atoms with Crippen molar-refractivity contribution in [1.29, 1.82) is 0 Å². The molecule has 0 N–H and O–H groups in total. The number of methoxy groups -OCH3 is 1. The van der Waals surface area contributed by atoms with Gasteiger partial charge in [-0.2, -0.15) is 10.1 Å². The van der Waals surface area contributed by atoms with Crippen molar-refractivity contribution < 1.29 is 14.1 Å².